The van der Waals surface area contributed by atoms with Gasteiger partial charge in [-0.3, -0.25) is 9.59 Å². The molecule has 0 aliphatic carbocycles. The van der Waals surface area contributed by atoms with Crippen molar-refractivity contribution in [2.24, 2.45) is 0 Å². The Morgan fingerprint density at radius 1 is 1.00 bits per heavy atom. The maximum absolute atomic E-state index is 11.5. The molecule has 0 saturated heterocycles. The van der Waals surface area contributed by atoms with E-state index in [1.165, 1.54) is 6.07 Å². The fourth-order valence-electron chi connectivity index (χ4n) is 2.36. The van der Waals surface area contributed by atoms with E-state index < -0.39 is 18.0 Å². The quantitative estimate of drug-likeness (QED) is 0.320. The van der Waals surface area contributed by atoms with Crippen LogP contribution in [0.15, 0.2) is 39.5 Å². The highest BCUT2D eigenvalue weighted by molar-refractivity contribution is 5.94. The van der Waals surface area contributed by atoms with Crippen LogP contribution in [0.3, 0.4) is 0 Å². The Labute approximate surface area is 155 Å². The molecular weight excluding hydrogens is 356 g/mol. The molecule has 0 bridgehead atoms. The Morgan fingerprint density at radius 3 is 2.48 bits per heavy atom. The van der Waals surface area contributed by atoms with Gasteiger partial charge in [-0.15, -0.1) is 0 Å². The molecule has 0 saturated carbocycles. The van der Waals surface area contributed by atoms with E-state index in [0.717, 1.165) is 5.39 Å². The number of rotatable bonds is 13. The van der Waals surface area contributed by atoms with Gasteiger partial charge in [-0.05, 0) is 18.6 Å². The van der Waals surface area contributed by atoms with Crippen molar-refractivity contribution < 1.29 is 33.3 Å². The zero-order valence-electron chi connectivity index (χ0n) is 14.8. The van der Waals surface area contributed by atoms with Crippen molar-refractivity contribution in [3.05, 3.63) is 40.8 Å². The molecule has 2 rings (SSSR count). The molecule has 0 amide bonds. The zero-order chi connectivity index (χ0) is 19.5. The lowest BCUT2D eigenvalue weighted by atomic mass is 10.2. The second-order valence-electron chi connectivity index (χ2n) is 5.71. The number of Topliss-reactive ketones (excluding diaryl/α,β-unsaturated/α-hetero) is 1. The molecule has 1 aromatic carbocycles. The Kier molecular flexibility index (Phi) is 8.47. The standard InChI is InChI=1S/C19H22O8/c20-14(12-18(21)22)4-3-7-24-8-9-25-10-11-26-17-13-19(23)27-16-6-2-1-5-15(16)17/h1-2,5-6,13H,3-4,7-12H2,(H,21,22). The third-order valence-corrected chi connectivity index (χ3v) is 3.56. The minimum Gasteiger partial charge on any atom is -0.490 e. The summed E-state index contributed by atoms with van der Waals surface area (Å²) in [5.74, 6) is -0.962. The molecule has 0 aliphatic heterocycles. The SMILES string of the molecule is O=C(O)CC(=O)CCCOCCOCCOc1cc(=O)oc2ccccc12. The predicted molar refractivity (Wildman–Crippen MR) is 96.1 cm³/mol. The van der Waals surface area contributed by atoms with Gasteiger partial charge in [0.15, 0.2) is 0 Å². The van der Waals surface area contributed by atoms with Crippen LogP contribution in [0.1, 0.15) is 19.3 Å². The van der Waals surface area contributed by atoms with Crippen LogP contribution in [0.4, 0.5) is 0 Å². The van der Waals surface area contributed by atoms with Gasteiger partial charge in [0.25, 0.3) is 0 Å². The number of ether oxygens (including phenoxy) is 3. The number of para-hydroxylation sites is 1. The average Bonchev–Trinajstić information content (AvgIpc) is 2.62. The second kappa shape index (κ2) is 11.1. The number of ketones is 1. The fraction of sp³-hybridized carbons (Fsp3) is 0.421. The number of carboxylic acid groups (broad SMARTS) is 1. The van der Waals surface area contributed by atoms with Crippen molar-refractivity contribution in [1.82, 2.24) is 0 Å². The molecule has 27 heavy (non-hydrogen) atoms. The monoisotopic (exact) mass is 378 g/mol. The van der Waals surface area contributed by atoms with Gasteiger partial charge in [0.05, 0.1) is 31.3 Å². The lowest BCUT2D eigenvalue weighted by Gasteiger charge is -2.09. The number of carboxylic acids is 1. The van der Waals surface area contributed by atoms with Crippen molar-refractivity contribution in [3.63, 3.8) is 0 Å². The number of fused-ring (bicyclic) bond motifs is 1. The third-order valence-electron chi connectivity index (χ3n) is 3.56. The predicted octanol–water partition coefficient (Wildman–Crippen LogP) is 2.03. The van der Waals surface area contributed by atoms with Crippen LogP contribution in [-0.2, 0) is 19.1 Å². The molecule has 0 spiro atoms. The van der Waals surface area contributed by atoms with E-state index in [0.29, 0.717) is 44.2 Å². The third kappa shape index (κ3) is 7.59. The first-order chi connectivity index (χ1) is 13.1. The van der Waals surface area contributed by atoms with Crippen LogP contribution >= 0.6 is 0 Å². The van der Waals surface area contributed by atoms with Gasteiger partial charge in [0.1, 0.15) is 30.1 Å². The minimum absolute atomic E-state index is 0.194. The highest BCUT2D eigenvalue weighted by Gasteiger charge is 2.07. The molecule has 2 aromatic rings. The van der Waals surface area contributed by atoms with Gasteiger partial charge in [0.2, 0.25) is 0 Å². The van der Waals surface area contributed by atoms with E-state index >= 15 is 0 Å². The molecule has 1 N–H and O–H groups in total. The Balaban J connectivity index is 1.55. The van der Waals surface area contributed by atoms with Gasteiger partial charge < -0.3 is 23.7 Å². The van der Waals surface area contributed by atoms with Crippen LogP contribution in [0, 0.1) is 0 Å². The van der Waals surface area contributed by atoms with E-state index in [4.69, 9.17) is 23.7 Å². The lowest BCUT2D eigenvalue weighted by Crippen LogP contribution is -2.12. The molecule has 0 aliphatic rings. The summed E-state index contributed by atoms with van der Waals surface area (Å²) in [6, 6.07) is 8.42. The largest absolute Gasteiger partial charge is 0.490 e. The number of benzene rings is 1. The van der Waals surface area contributed by atoms with Crippen LogP contribution in [0.2, 0.25) is 0 Å². The Hall–Kier alpha value is -2.71. The van der Waals surface area contributed by atoms with Crippen molar-refractivity contribution in [3.8, 4) is 5.75 Å². The molecule has 0 radical (unpaired) electrons. The molecule has 0 unspecified atom stereocenters. The highest BCUT2D eigenvalue weighted by atomic mass is 16.5. The van der Waals surface area contributed by atoms with Crippen LogP contribution in [0.25, 0.3) is 11.0 Å². The van der Waals surface area contributed by atoms with E-state index in [1.54, 1.807) is 12.1 Å². The summed E-state index contributed by atoms with van der Waals surface area (Å²) in [6.07, 6.45) is 0.237. The molecular formula is C19H22O8. The second-order valence-corrected chi connectivity index (χ2v) is 5.71. The summed E-state index contributed by atoms with van der Waals surface area (Å²) in [4.78, 5) is 33.0. The molecule has 8 heteroatoms. The van der Waals surface area contributed by atoms with Crippen molar-refractivity contribution in [1.29, 1.82) is 0 Å². The van der Waals surface area contributed by atoms with Crippen molar-refractivity contribution in [2.75, 3.05) is 33.0 Å². The average molecular weight is 378 g/mol. The summed E-state index contributed by atoms with van der Waals surface area (Å²) >= 11 is 0. The first-order valence-corrected chi connectivity index (χ1v) is 8.61. The van der Waals surface area contributed by atoms with Crippen LogP contribution in [0.5, 0.6) is 5.75 Å². The van der Waals surface area contributed by atoms with Gasteiger partial charge in [0, 0.05) is 13.0 Å². The maximum atomic E-state index is 11.5. The number of carbonyl (C=O) groups excluding carboxylic acids is 1. The van der Waals surface area contributed by atoms with Gasteiger partial charge >= 0.3 is 11.6 Å². The summed E-state index contributed by atoms with van der Waals surface area (Å²) in [5.41, 5.74) is -0.00370. The topological polar surface area (TPSA) is 112 Å². The maximum Gasteiger partial charge on any atom is 0.339 e. The number of hydrogen-bond donors (Lipinski definition) is 1. The first kappa shape index (κ1) is 20.6. The normalized spacial score (nSPS) is 10.8. The smallest absolute Gasteiger partial charge is 0.339 e. The van der Waals surface area contributed by atoms with Gasteiger partial charge in [-0.2, -0.15) is 0 Å². The summed E-state index contributed by atoms with van der Waals surface area (Å²) in [6.45, 7) is 1.71. The van der Waals surface area contributed by atoms with E-state index in [2.05, 4.69) is 0 Å². The molecule has 8 nitrogen and oxygen atoms in total. The van der Waals surface area contributed by atoms with Crippen LogP contribution < -0.4 is 10.4 Å². The fourth-order valence-corrected chi connectivity index (χ4v) is 2.36. The first-order valence-electron chi connectivity index (χ1n) is 8.61. The Bertz CT molecular complexity index is 811. The minimum atomic E-state index is -1.11. The van der Waals surface area contributed by atoms with Crippen molar-refractivity contribution in [2.45, 2.75) is 19.3 Å². The number of aliphatic carboxylic acids is 1. The summed E-state index contributed by atoms with van der Waals surface area (Å²) in [7, 11) is 0. The molecule has 146 valence electrons. The summed E-state index contributed by atoms with van der Waals surface area (Å²) < 4.78 is 21.4. The highest BCUT2D eigenvalue weighted by Crippen LogP contribution is 2.22. The Morgan fingerprint density at radius 2 is 1.70 bits per heavy atom. The van der Waals surface area contributed by atoms with E-state index in [-0.39, 0.29) is 18.8 Å². The molecule has 1 aromatic heterocycles. The molecule has 0 atom stereocenters. The number of hydrogen-bond acceptors (Lipinski definition) is 7. The van der Waals surface area contributed by atoms with Crippen LogP contribution in [-0.4, -0.2) is 49.9 Å². The number of carbonyl (C=O) groups is 2. The zero-order valence-corrected chi connectivity index (χ0v) is 14.8. The van der Waals surface area contributed by atoms with Gasteiger partial charge in [-0.25, -0.2) is 4.79 Å². The molecule has 0 fully saturated rings. The van der Waals surface area contributed by atoms with Crippen molar-refractivity contribution >= 4 is 22.7 Å². The lowest BCUT2D eigenvalue weighted by molar-refractivity contribution is -0.140. The van der Waals surface area contributed by atoms with Gasteiger partial charge in [-0.1, -0.05) is 12.1 Å². The summed E-state index contributed by atoms with van der Waals surface area (Å²) in [5, 5.41) is 9.19. The van der Waals surface area contributed by atoms with E-state index in [1.807, 2.05) is 12.1 Å². The molecule has 1 heterocycles. The van der Waals surface area contributed by atoms with E-state index in [9.17, 15) is 14.4 Å².